The Morgan fingerprint density at radius 1 is 1.19 bits per heavy atom. The van der Waals surface area contributed by atoms with Gasteiger partial charge in [0.1, 0.15) is 5.82 Å². The fourth-order valence-corrected chi connectivity index (χ4v) is 2.42. The third-order valence-electron chi connectivity index (χ3n) is 3.45. The SMILES string of the molecule is CCCN1CCN(Cc2ccnc(NCC)c2)C(=O)C1=O. The Morgan fingerprint density at radius 2 is 1.90 bits per heavy atom. The summed E-state index contributed by atoms with van der Waals surface area (Å²) in [5, 5.41) is 3.14. The molecule has 1 aliphatic rings. The largest absolute Gasteiger partial charge is 0.370 e. The normalized spacial score (nSPS) is 15.5. The van der Waals surface area contributed by atoms with Crippen molar-refractivity contribution < 1.29 is 9.59 Å². The molecule has 0 bridgehead atoms. The number of piperazine rings is 1. The number of nitrogens with one attached hydrogen (secondary N) is 1. The molecule has 0 radical (unpaired) electrons. The van der Waals surface area contributed by atoms with Crippen molar-refractivity contribution in [1.29, 1.82) is 0 Å². The first-order chi connectivity index (χ1) is 10.2. The molecule has 0 spiro atoms. The van der Waals surface area contributed by atoms with Gasteiger partial charge in [-0.15, -0.1) is 0 Å². The summed E-state index contributed by atoms with van der Waals surface area (Å²) in [6, 6.07) is 3.79. The third-order valence-corrected chi connectivity index (χ3v) is 3.45. The average molecular weight is 290 g/mol. The lowest BCUT2D eigenvalue weighted by Crippen LogP contribution is -2.53. The van der Waals surface area contributed by atoms with Gasteiger partial charge in [-0.25, -0.2) is 4.98 Å². The van der Waals surface area contributed by atoms with E-state index in [1.54, 1.807) is 16.0 Å². The average Bonchev–Trinajstić information content (AvgIpc) is 2.48. The summed E-state index contributed by atoms with van der Waals surface area (Å²) >= 11 is 0. The number of pyridine rings is 1. The number of carbonyl (C=O) groups is 2. The molecule has 1 fully saturated rings. The molecule has 1 N–H and O–H groups in total. The lowest BCUT2D eigenvalue weighted by atomic mass is 10.2. The maximum absolute atomic E-state index is 12.1. The molecule has 114 valence electrons. The van der Waals surface area contributed by atoms with E-state index in [2.05, 4.69) is 10.3 Å². The molecule has 0 saturated carbocycles. The van der Waals surface area contributed by atoms with Crippen molar-refractivity contribution in [3.8, 4) is 0 Å². The lowest BCUT2D eigenvalue weighted by molar-refractivity contribution is -0.156. The van der Waals surface area contributed by atoms with Crippen molar-refractivity contribution in [2.75, 3.05) is 31.5 Å². The van der Waals surface area contributed by atoms with Crippen molar-refractivity contribution in [2.24, 2.45) is 0 Å². The van der Waals surface area contributed by atoms with E-state index in [1.165, 1.54) is 0 Å². The number of carbonyl (C=O) groups excluding carboxylic acids is 2. The maximum Gasteiger partial charge on any atom is 0.312 e. The number of amides is 2. The van der Waals surface area contributed by atoms with Crippen LogP contribution in [0.3, 0.4) is 0 Å². The zero-order valence-electron chi connectivity index (χ0n) is 12.6. The highest BCUT2D eigenvalue weighted by Gasteiger charge is 2.31. The van der Waals surface area contributed by atoms with Gasteiger partial charge in [0.2, 0.25) is 0 Å². The molecule has 1 saturated heterocycles. The zero-order chi connectivity index (χ0) is 15.2. The van der Waals surface area contributed by atoms with Crippen LogP contribution in [0.5, 0.6) is 0 Å². The van der Waals surface area contributed by atoms with E-state index in [9.17, 15) is 9.59 Å². The molecule has 6 nitrogen and oxygen atoms in total. The number of rotatable bonds is 6. The van der Waals surface area contributed by atoms with E-state index in [1.807, 2.05) is 26.0 Å². The molecule has 1 aliphatic heterocycles. The van der Waals surface area contributed by atoms with Crippen LogP contribution in [0.25, 0.3) is 0 Å². The van der Waals surface area contributed by atoms with Gasteiger partial charge in [-0.2, -0.15) is 0 Å². The highest BCUT2D eigenvalue weighted by molar-refractivity contribution is 6.35. The monoisotopic (exact) mass is 290 g/mol. The highest BCUT2D eigenvalue weighted by Crippen LogP contribution is 2.13. The third kappa shape index (κ3) is 3.71. The number of anilines is 1. The summed E-state index contributed by atoms with van der Waals surface area (Å²) in [6.45, 7) is 7.10. The molecule has 0 aromatic carbocycles. The standard InChI is InChI=1S/C15H22N4O2/c1-3-7-18-8-9-19(15(21)14(18)20)11-12-5-6-17-13(10-12)16-4-2/h5-6,10H,3-4,7-9,11H2,1-2H3,(H,16,17). The van der Waals surface area contributed by atoms with Crippen LogP contribution in [-0.4, -0.2) is 52.8 Å². The van der Waals surface area contributed by atoms with Crippen LogP contribution >= 0.6 is 0 Å². The summed E-state index contributed by atoms with van der Waals surface area (Å²) in [5.74, 6) is -0.000954. The smallest absolute Gasteiger partial charge is 0.312 e. The second kappa shape index (κ2) is 7.06. The fourth-order valence-electron chi connectivity index (χ4n) is 2.42. The summed E-state index contributed by atoms with van der Waals surface area (Å²) < 4.78 is 0. The Morgan fingerprint density at radius 3 is 2.62 bits per heavy atom. The summed E-state index contributed by atoms with van der Waals surface area (Å²) in [7, 11) is 0. The molecule has 21 heavy (non-hydrogen) atoms. The Kier molecular flexibility index (Phi) is 5.14. The Bertz CT molecular complexity index is 518. The molecule has 0 aliphatic carbocycles. The number of nitrogens with zero attached hydrogens (tertiary/aromatic N) is 3. The second-order valence-corrected chi connectivity index (χ2v) is 5.10. The van der Waals surface area contributed by atoms with Crippen LogP contribution in [0.1, 0.15) is 25.8 Å². The van der Waals surface area contributed by atoms with Gasteiger partial charge in [0.25, 0.3) is 0 Å². The number of hydrogen-bond donors (Lipinski definition) is 1. The molecule has 2 amide bonds. The van der Waals surface area contributed by atoms with E-state index in [0.717, 1.165) is 24.3 Å². The minimum Gasteiger partial charge on any atom is -0.370 e. The molecule has 2 heterocycles. The summed E-state index contributed by atoms with van der Waals surface area (Å²) in [6.07, 6.45) is 2.59. The van der Waals surface area contributed by atoms with Gasteiger partial charge >= 0.3 is 11.8 Å². The minimum absolute atomic E-state index is 0.385. The minimum atomic E-state index is -0.406. The Labute approximate surface area is 125 Å². The molecule has 1 aromatic rings. The van der Waals surface area contributed by atoms with Crippen LogP contribution in [0.2, 0.25) is 0 Å². The molecule has 0 unspecified atom stereocenters. The van der Waals surface area contributed by atoms with Gasteiger partial charge < -0.3 is 15.1 Å². The van der Waals surface area contributed by atoms with Crippen LogP contribution < -0.4 is 5.32 Å². The fraction of sp³-hybridized carbons (Fsp3) is 0.533. The van der Waals surface area contributed by atoms with Crippen LogP contribution in [0.4, 0.5) is 5.82 Å². The van der Waals surface area contributed by atoms with E-state index in [-0.39, 0.29) is 5.91 Å². The first kappa shape index (κ1) is 15.3. The topological polar surface area (TPSA) is 65.5 Å². The number of aromatic nitrogens is 1. The van der Waals surface area contributed by atoms with Crippen molar-refractivity contribution >= 4 is 17.6 Å². The lowest BCUT2D eigenvalue weighted by Gasteiger charge is -2.33. The van der Waals surface area contributed by atoms with Crippen LogP contribution in [0.15, 0.2) is 18.3 Å². The summed E-state index contributed by atoms with van der Waals surface area (Å²) in [5.41, 5.74) is 0.978. The highest BCUT2D eigenvalue weighted by atomic mass is 16.2. The van der Waals surface area contributed by atoms with Crippen molar-refractivity contribution in [3.05, 3.63) is 23.9 Å². The summed E-state index contributed by atoms with van der Waals surface area (Å²) in [4.78, 5) is 31.6. The van der Waals surface area contributed by atoms with E-state index in [0.29, 0.717) is 26.2 Å². The molecule has 1 aromatic heterocycles. The Balaban J connectivity index is 2.02. The first-order valence-corrected chi connectivity index (χ1v) is 7.42. The number of hydrogen-bond acceptors (Lipinski definition) is 4. The zero-order valence-corrected chi connectivity index (χ0v) is 12.6. The predicted molar refractivity (Wildman–Crippen MR) is 80.7 cm³/mol. The van der Waals surface area contributed by atoms with Gasteiger partial charge in [-0.1, -0.05) is 6.92 Å². The molecule has 0 atom stereocenters. The van der Waals surface area contributed by atoms with Gasteiger partial charge in [0.05, 0.1) is 0 Å². The van der Waals surface area contributed by atoms with Crippen molar-refractivity contribution in [1.82, 2.24) is 14.8 Å². The predicted octanol–water partition coefficient (Wildman–Crippen LogP) is 1.09. The van der Waals surface area contributed by atoms with Gasteiger partial charge in [-0.05, 0) is 31.0 Å². The van der Waals surface area contributed by atoms with Crippen molar-refractivity contribution in [2.45, 2.75) is 26.8 Å². The molecule has 6 heteroatoms. The van der Waals surface area contributed by atoms with Crippen LogP contribution in [0, 0.1) is 0 Å². The van der Waals surface area contributed by atoms with Crippen molar-refractivity contribution in [3.63, 3.8) is 0 Å². The van der Waals surface area contributed by atoms with E-state index >= 15 is 0 Å². The van der Waals surface area contributed by atoms with E-state index < -0.39 is 5.91 Å². The van der Waals surface area contributed by atoms with Gasteiger partial charge in [0.15, 0.2) is 0 Å². The maximum atomic E-state index is 12.1. The van der Waals surface area contributed by atoms with Crippen LogP contribution in [-0.2, 0) is 16.1 Å². The molecule has 2 rings (SSSR count). The quantitative estimate of drug-likeness (QED) is 0.797. The van der Waals surface area contributed by atoms with Gasteiger partial charge in [0, 0.05) is 38.9 Å². The Hall–Kier alpha value is -2.11. The first-order valence-electron chi connectivity index (χ1n) is 7.42. The molecular weight excluding hydrogens is 268 g/mol. The molecular formula is C15H22N4O2. The van der Waals surface area contributed by atoms with E-state index in [4.69, 9.17) is 0 Å². The van der Waals surface area contributed by atoms with Gasteiger partial charge in [-0.3, -0.25) is 9.59 Å². The second-order valence-electron chi connectivity index (χ2n) is 5.10.